The van der Waals surface area contributed by atoms with Crippen molar-refractivity contribution in [2.45, 2.75) is 43.6 Å². The summed E-state index contributed by atoms with van der Waals surface area (Å²) >= 11 is 0. The third kappa shape index (κ3) is 20.8. The molecule has 0 heterocycles. The smallest absolute Gasteiger partial charge is 0.324 e. The van der Waals surface area contributed by atoms with Crippen LogP contribution < -0.4 is 0 Å². The summed E-state index contributed by atoms with van der Waals surface area (Å²) < 4.78 is 45.2. The number of rotatable bonds is 18. The lowest BCUT2D eigenvalue weighted by molar-refractivity contribution is 0.276. The van der Waals surface area contributed by atoms with Gasteiger partial charge in [0.2, 0.25) is 0 Å². The fourth-order valence-corrected chi connectivity index (χ4v) is 14.8. The normalized spacial score (nSPS) is 14.5. The van der Waals surface area contributed by atoms with Gasteiger partial charge in [-0.15, -0.1) is 0 Å². The molecule has 0 bridgehead atoms. The Kier molecular flexibility index (Phi) is 14.4. The van der Waals surface area contributed by atoms with Gasteiger partial charge in [-0.05, 0) is 25.9 Å². The Labute approximate surface area is 197 Å². The molecule has 0 aliphatic rings. The van der Waals surface area contributed by atoms with Crippen molar-refractivity contribution in [3.63, 3.8) is 0 Å². The van der Waals surface area contributed by atoms with E-state index in [1.165, 1.54) is 0 Å². The molecule has 0 saturated heterocycles. The molecule has 0 aromatic heterocycles. The second-order valence-corrected chi connectivity index (χ2v) is 21.4. The predicted molar refractivity (Wildman–Crippen MR) is 131 cm³/mol. The molecule has 14 nitrogen and oxygen atoms in total. The molecule has 0 spiro atoms. The van der Waals surface area contributed by atoms with Crippen LogP contribution in [0.25, 0.3) is 0 Å². The van der Waals surface area contributed by atoms with E-state index in [0.29, 0.717) is 24.9 Å². The molecule has 0 aromatic rings. The maximum atomic E-state index is 11.3. The SMILES string of the molecule is C[Si](CC[SiH3])(CCCN(CP(=O)(O)O)CP(=O)(O)O)CCCN(CP(=O)(O)O)CP(=O)(O)O. The highest BCUT2D eigenvalue weighted by Gasteiger charge is 2.30. The first-order valence-electron chi connectivity index (χ1n) is 10.3. The summed E-state index contributed by atoms with van der Waals surface area (Å²) in [6.07, 6.45) is -2.07. The lowest BCUT2D eigenvalue weighted by Crippen LogP contribution is -2.34. The predicted octanol–water partition coefficient (Wildman–Crippen LogP) is -0.226. The van der Waals surface area contributed by atoms with E-state index in [-0.39, 0.29) is 13.1 Å². The fraction of sp³-hybridized carbons (Fsp3) is 1.00. The molecule has 0 aromatic carbocycles. The molecule has 200 valence electrons. The van der Waals surface area contributed by atoms with Gasteiger partial charge in [-0.25, -0.2) is 0 Å². The van der Waals surface area contributed by atoms with Crippen molar-refractivity contribution >= 4 is 48.7 Å². The minimum Gasteiger partial charge on any atom is -0.324 e. The maximum Gasteiger partial charge on any atom is 0.339 e. The molecule has 0 atom stereocenters. The molecule has 0 rings (SSSR count). The zero-order chi connectivity index (χ0) is 26.1. The van der Waals surface area contributed by atoms with E-state index < -0.39 is 63.6 Å². The summed E-state index contributed by atoms with van der Waals surface area (Å²) in [5, 5.41) is 0. The Morgan fingerprint density at radius 2 is 0.879 bits per heavy atom. The highest BCUT2D eigenvalue weighted by atomic mass is 31.2. The van der Waals surface area contributed by atoms with Gasteiger partial charge < -0.3 is 39.1 Å². The van der Waals surface area contributed by atoms with Crippen molar-refractivity contribution in [3.8, 4) is 0 Å². The molecule has 33 heavy (non-hydrogen) atoms. The van der Waals surface area contributed by atoms with E-state index in [4.69, 9.17) is 0 Å². The van der Waals surface area contributed by atoms with Crippen molar-refractivity contribution < 1.29 is 57.4 Å². The topological polar surface area (TPSA) is 237 Å². The standard InChI is InChI=1S/C13H38N2O12P4Si2/c1-33(9-6-32,7-2-4-14(10-28(16,17)18)11-29(19,20)21)8-3-5-15(12-30(22,23)24)13-31(25,26)27/h2-13H2,1,32H3,(H2,16,17,18)(H2,19,20,21)(H2,22,23,24)(H2,25,26,27). The van der Waals surface area contributed by atoms with E-state index in [0.717, 1.165) is 32.1 Å². The third-order valence-corrected chi connectivity index (χ3v) is 14.3. The molecule has 20 heteroatoms. The Bertz CT molecular complexity index is 675. The average Bonchev–Trinajstić information content (AvgIpc) is 2.48. The van der Waals surface area contributed by atoms with E-state index in [1.54, 1.807) is 0 Å². The van der Waals surface area contributed by atoms with Gasteiger partial charge in [-0.3, -0.25) is 28.1 Å². The second kappa shape index (κ2) is 14.0. The van der Waals surface area contributed by atoms with Gasteiger partial charge in [0.05, 0.1) is 8.07 Å². The third-order valence-electron chi connectivity index (χ3n) is 4.90. The van der Waals surface area contributed by atoms with Crippen molar-refractivity contribution in [1.82, 2.24) is 9.80 Å². The zero-order valence-electron chi connectivity index (χ0n) is 18.9. The number of hydrogen-bond acceptors (Lipinski definition) is 6. The van der Waals surface area contributed by atoms with Crippen LogP contribution in [-0.2, 0) is 18.3 Å². The maximum absolute atomic E-state index is 11.3. The number of nitrogens with zero attached hydrogens (tertiary/aromatic N) is 2. The Hall–Kier alpha value is 0.954. The molecule has 8 N–H and O–H groups in total. The Morgan fingerprint density at radius 3 is 1.09 bits per heavy atom. The van der Waals surface area contributed by atoms with Gasteiger partial charge in [0.1, 0.15) is 25.1 Å². The van der Waals surface area contributed by atoms with Gasteiger partial charge in [-0.2, -0.15) is 0 Å². The van der Waals surface area contributed by atoms with Crippen LogP contribution in [0.5, 0.6) is 0 Å². The highest BCUT2D eigenvalue weighted by Crippen LogP contribution is 2.42. The summed E-state index contributed by atoms with van der Waals surface area (Å²) in [5.41, 5.74) is 0. The van der Waals surface area contributed by atoms with Gasteiger partial charge in [0.15, 0.2) is 0 Å². The van der Waals surface area contributed by atoms with Gasteiger partial charge >= 0.3 is 30.4 Å². The van der Waals surface area contributed by atoms with Crippen LogP contribution in [0.3, 0.4) is 0 Å². The summed E-state index contributed by atoms with van der Waals surface area (Å²) in [5.74, 6) is 0. The average molecular weight is 595 g/mol. The minimum atomic E-state index is -4.50. The van der Waals surface area contributed by atoms with Crippen LogP contribution in [0, 0.1) is 0 Å². The van der Waals surface area contributed by atoms with Crippen LogP contribution in [-0.4, -0.2) is 105 Å². The molecule has 0 unspecified atom stereocenters. The quantitative estimate of drug-likeness (QED) is 0.0756. The minimum absolute atomic E-state index is 0.0997. The number of hydrogen-bond donors (Lipinski definition) is 8. The summed E-state index contributed by atoms with van der Waals surface area (Å²) in [7, 11) is -18.9. The largest absolute Gasteiger partial charge is 0.339 e. The molecule has 0 fully saturated rings. The van der Waals surface area contributed by atoms with Gasteiger partial charge in [-0.1, -0.05) is 30.7 Å². The summed E-state index contributed by atoms with van der Waals surface area (Å²) in [6.45, 7) is 2.32. The van der Waals surface area contributed by atoms with Crippen molar-refractivity contribution in [2.24, 2.45) is 0 Å². The van der Waals surface area contributed by atoms with Crippen molar-refractivity contribution in [1.29, 1.82) is 0 Å². The zero-order valence-corrected chi connectivity index (χ0v) is 25.5. The van der Waals surface area contributed by atoms with Crippen molar-refractivity contribution in [3.05, 3.63) is 0 Å². The molecule has 0 radical (unpaired) electrons. The van der Waals surface area contributed by atoms with E-state index >= 15 is 0 Å². The van der Waals surface area contributed by atoms with Crippen LogP contribution in [0.1, 0.15) is 12.8 Å². The van der Waals surface area contributed by atoms with E-state index in [2.05, 4.69) is 6.55 Å². The first-order chi connectivity index (χ1) is 14.6. The highest BCUT2D eigenvalue weighted by molar-refractivity contribution is 7.53. The summed E-state index contributed by atoms with van der Waals surface area (Å²) in [6, 6.07) is 3.38. The van der Waals surface area contributed by atoms with Gasteiger partial charge in [0.25, 0.3) is 0 Å². The summed E-state index contributed by atoms with van der Waals surface area (Å²) in [4.78, 5) is 75.5. The lowest BCUT2D eigenvalue weighted by Gasteiger charge is -2.30. The second-order valence-electron chi connectivity index (χ2n) is 8.78. The van der Waals surface area contributed by atoms with Crippen LogP contribution in [0.4, 0.5) is 0 Å². The molecule has 0 amide bonds. The Morgan fingerprint density at radius 1 is 0.606 bits per heavy atom. The first-order valence-corrected chi connectivity index (χ1v) is 22.0. The van der Waals surface area contributed by atoms with Crippen LogP contribution in [0.15, 0.2) is 0 Å². The van der Waals surface area contributed by atoms with E-state index in [9.17, 15) is 57.4 Å². The molecule has 0 aliphatic heterocycles. The molecular formula is C13H38N2O12P4Si2. The Balaban J connectivity index is 5.03. The van der Waals surface area contributed by atoms with E-state index in [1.807, 2.05) is 0 Å². The first kappa shape index (κ1) is 34.0. The lowest BCUT2D eigenvalue weighted by atomic mass is 10.4. The molecule has 0 saturated carbocycles. The van der Waals surface area contributed by atoms with Crippen LogP contribution in [0.2, 0.25) is 30.7 Å². The van der Waals surface area contributed by atoms with Crippen molar-refractivity contribution in [2.75, 3.05) is 38.2 Å². The van der Waals surface area contributed by atoms with Gasteiger partial charge in [0, 0.05) is 10.2 Å². The molecular weight excluding hydrogens is 556 g/mol. The van der Waals surface area contributed by atoms with Crippen LogP contribution >= 0.6 is 30.4 Å². The molecule has 0 aliphatic carbocycles. The monoisotopic (exact) mass is 594 g/mol. The fourth-order valence-electron chi connectivity index (χ4n) is 3.85.